The second kappa shape index (κ2) is 3.74. The summed E-state index contributed by atoms with van der Waals surface area (Å²) in [4.78, 5) is 6.84. The van der Waals surface area contributed by atoms with Gasteiger partial charge < -0.3 is 10.0 Å². The van der Waals surface area contributed by atoms with E-state index in [9.17, 15) is 5.11 Å². The van der Waals surface area contributed by atoms with Gasteiger partial charge in [0.2, 0.25) is 0 Å². The molecule has 0 aliphatic carbocycles. The Balaban J connectivity index is 1.88. The van der Waals surface area contributed by atoms with Crippen molar-refractivity contribution in [2.24, 2.45) is 0 Å². The van der Waals surface area contributed by atoms with E-state index in [2.05, 4.69) is 22.0 Å². The number of hydrogen-bond acceptors (Lipinski definition) is 3. The number of anilines is 1. The zero-order valence-electron chi connectivity index (χ0n) is 9.63. The summed E-state index contributed by atoms with van der Waals surface area (Å²) in [5, 5.41) is 9.76. The van der Waals surface area contributed by atoms with E-state index in [1.807, 2.05) is 13.1 Å². The summed E-state index contributed by atoms with van der Waals surface area (Å²) in [5.74, 6) is 0. The monoisotopic (exact) mass is 218 g/mol. The first-order valence-corrected chi connectivity index (χ1v) is 6.13. The van der Waals surface area contributed by atoms with Crippen LogP contribution in [0.2, 0.25) is 0 Å². The molecule has 2 aliphatic rings. The van der Waals surface area contributed by atoms with Gasteiger partial charge in [0.05, 0.1) is 18.0 Å². The van der Waals surface area contributed by atoms with Crippen LogP contribution in [0.3, 0.4) is 0 Å². The minimum Gasteiger partial charge on any atom is -0.393 e. The van der Waals surface area contributed by atoms with Crippen molar-refractivity contribution in [3.63, 3.8) is 0 Å². The number of aliphatic hydroxyl groups is 1. The molecular formula is C13H18N2O. The molecule has 2 saturated heterocycles. The largest absolute Gasteiger partial charge is 0.393 e. The van der Waals surface area contributed by atoms with Crippen molar-refractivity contribution in [1.82, 2.24) is 4.98 Å². The van der Waals surface area contributed by atoms with Crippen molar-refractivity contribution in [3.05, 3.63) is 24.0 Å². The van der Waals surface area contributed by atoms with Gasteiger partial charge in [0.1, 0.15) is 0 Å². The number of aromatic nitrogens is 1. The molecule has 2 atom stereocenters. The number of hydrogen-bond donors (Lipinski definition) is 1. The van der Waals surface area contributed by atoms with Gasteiger partial charge in [0.25, 0.3) is 0 Å². The van der Waals surface area contributed by atoms with Crippen molar-refractivity contribution >= 4 is 5.69 Å². The molecule has 3 heterocycles. The molecule has 2 unspecified atom stereocenters. The highest BCUT2D eigenvalue weighted by molar-refractivity contribution is 5.49. The number of aryl methyl sites for hydroxylation is 1. The second-order valence-corrected chi connectivity index (χ2v) is 5.08. The highest BCUT2D eigenvalue weighted by Crippen LogP contribution is 2.38. The molecule has 2 aliphatic heterocycles. The summed E-state index contributed by atoms with van der Waals surface area (Å²) in [5.41, 5.74) is 2.29. The average molecular weight is 218 g/mol. The summed E-state index contributed by atoms with van der Waals surface area (Å²) >= 11 is 0. The molecule has 3 nitrogen and oxygen atoms in total. The van der Waals surface area contributed by atoms with Gasteiger partial charge in [-0.25, -0.2) is 0 Å². The lowest BCUT2D eigenvalue weighted by molar-refractivity contribution is 0.126. The lowest BCUT2D eigenvalue weighted by Crippen LogP contribution is -2.44. The van der Waals surface area contributed by atoms with Gasteiger partial charge in [-0.15, -0.1) is 0 Å². The van der Waals surface area contributed by atoms with E-state index < -0.39 is 0 Å². The van der Waals surface area contributed by atoms with Gasteiger partial charge in [-0.1, -0.05) is 0 Å². The summed E-state index contributed by atoms with van der Waals surface area (Å²) < 4.78 is 0. The van der Waals surface area contributed by atoms with E-state index in [-0.39, 0.29) is 6.10 Å². The molecule has 0 radical (unpaired) electrons. The van der Waals surface area contributed by atoms with E-state index >= 15 is 0 Å². The second-order valence-electron chi connectivity index (χ2n) is 5.08. The van der Waals surface area contributed by atoms with Crippen molar-refractivity contribution in [1.29, 1.82) is 0 Å². The van der Waals surface area contributed by atoms with Gasteiger partial charge >= 0.3 is 0 Å². The summed E-state index contributed by atoms with van der Waals surface area (Å²) in [6, 6.07) is 5.28. The lowest BCUT2D eigenvalue weighted by atomic mass is 9.99. The molecule has 3 rings (SSSR count). The van der Waals surface area contributed by atoms with Crippen molar-refractivity contribution in [3.8, 4) is 0 Å². The predicted octanol–water partition coefficient (Wildman–Crippen LogP) is 1.88. The maximum absolute atomic E-state index is 9.76. The Morgan fingerprint density at radius 2 is 1.94 bits per heavy atom. The third-order valence-electron chi connectivity index (χ3n) is 3.90. The van der Waals surface area contributed by atoms with E-state index in [0.717, 1.165) is 18.5 Å². The quantitative estimate of drug-likeness (QED) is 0.782. The van der Waals surface area contributed by atoms with E-state index in [1.54, 1.807) is 0 Å². The van der Waals surface area contributed by atoms with Crippen LogP contribution in [0.15, 0.2) is 18.3 Å². The Labute approximate surface area is 96.1 Å². The molecular weight excluding hydrogens is 200 g/mol. The molecule has 86 valence electrons. The topological polar surface area (TPSA) is 36.4 Å². The van der Waals surface area contributed by atoms with Gasteiger partial charge in [0.15, 0.2) is 0 Å². The van der Waals surface area contributed by atoms with E-state index in [0.29, 0.717) is 12.1 Å². The van der Waals surface area contributed by atoms with Gasteiger partial charge in [-0.2, -0.15) is 0 Å². The molecule has 2 bridgehead atoms. The fraction of sp³-hybridized carbons (Fsp3) is 0.615. The Hall–Kier alpha value is -1.09. The zero-order valence-corrected chi connectivity index (χ0v) is 9.63. The SMILES string of the molecule is Cc1ccc(N2C3CCC2CC(O)C3)cn1. The minimum atomic E-state index is -0.0906. The summed E-state index contributed by atoms with van der Waals surface area (Å²) in [6.45, 7) is 2.01. The molecule has 1 aromatic rings. The number of fused-ring (bicyclic) bond motifs is 2. The first-order valence-electron chi connectivity index (χ1n) is 6.13. The molecule has 0 spiro atoms. The first kappa shape index (κ1) is 10.1. The Bertz CT molecular complexity index is 362. The number of pyridine rings is 1. The molecule has 0 aromatic carbocycles. The van der Waals surface area contributed by atoms with Gasteiger partial charge in [-0.05, 0) is 44.7 Å². The number of nitrogens with zero attached hydrogens (tertiary/aromatic N) is 2. The van der Waals surface area contributed by atoms with Crippen LogP contribution in [0.4, 0.5) is 5.69 Å². The van der Waals surface area contributed by atoms with Crippen molar-refractivity contribution in [2.75, 3.05) is 4.90 Å². The maximum Gasteiger partial charge on any atom is 0.0579 e. The van der Waals surface area contributed by atoms with Crippen LogP contribution in [0.1, 0.15) is 31.4 Å². The minimum absolute atomic E-state index is 0.0906. The number of piperidine rings is 1. The van der Waals surface area contributed by atoms with Crippen LogP contribution in [0, 0.1) is 6.92 Å². The Kier molecular flexibility index (Phi) is 2.36. The Morgan fingerprint density at radius 3 is 2.50 bits per heavy atom. The highest BCUT2D eigenvalue weighted by Gasteiger charge is 2.40. The standard InChI is InChI=1S/C13H18N2O/c1-9-2-3-12(8-14-9)15-10-4-5-11(15)7-13(16)6-10/h2-3,8,10-11,13,16H,4-7H2,1H3. The predicted molar refractivity (Wildman–Crippen MR) is 63.5 cm³/mol. The van der Waals surface area contributed by atoms with Crippen molar-refractivity contribution < 1.29 is 5.11 Å². The summed E-state index contributed by atoms with van der Waals surface area (Å²) in [7, 11) is 0. The smallest absolute Gasteiger partial charge is 0.0579 e. The Morgan fingerprint density at radius 1 is 1.25 bits per heavy atom. The fourth-order valence-electron chi connectivity index (χ4n) is 3.18. The highest BCUT2D eigenvalue weighted by atomic mass is 16.3. The lowest BCUT2D eigenvalue weighted by Gasteiger charge is -2.38. The summed E-state index contributed by atoms with van der Waals surface area (Å²) in [6.07, 6.45) is 6.16. The molecule has 1 N–H and O–H groups in total. The van der Waals surface area contributed by atoms with Crippen LogP contribution in [-0.4, -0.2) is 28.3 Å². The molecule has 0 saturated carbocycles. The van der Waals surface area contributed by atoms with Gasteiger partial charge in [0, 0.05) is 17.8 Å². The molecule has 2 fully saturated rings. The first-order chi connectivity index (χ1) is 7.74. The van der Waals surface area contributed by atoms with Crippen molar-refractivity contribution in [2.45, 2.75) is 50.8 Å². The fourth-order valence-corrected chi connectivity index (χ4v) is 3.18. The van der Waals surface area contributed by atoms with Crippen LogP contribution in [-0.2, 0) is 0 Å². The third kappa shape index (κ3) is 1.59. The van der Waals surface area contributed by atoms with Crippen LogP contribution in [0.5, 0.6) is 0 Å². The number of aliphatic hydroxyl groups excluding tert-OH is 1. The van der Waals surface area contributed by atoms with Crippen LogP contribution in [0.25, 0.3) is 0 Å². The van der Waals surface area contributed by atoms with E-state index in [4.69, 9.17) is 0 Å². The van der Waals surface area contributed by atoms with E-state index in [1.165, 1.54) is 18.5 Å². The van der Waals surface area contributed by atoms with Gasteiger partial charge in [-0.3, -0.25) is 4.98 Å². The van der Waals surface area contributed by atoms with Crippen LogP contribution < -0.4 is 4.90 Å². The molecule has 0 amide bonds. The zero-order chi connectivity index (χ0) is 11.1. The maximum atomic E-state index is 9.76. The molecule has 3 heteroatoms. The molecule has 16 heavy (non-hydrogen) atoms. The number of rotatable bonds is 1. The third-order valence-corrected chi connectivity index (χ3v) is 3.90. The average Bonchev–Trinajstić information content (AvgIpc) is 2.54. The van der Waals surface area contributed by atoms with Crippen LogP contribution >= 0.6 is 0 Å². The molecule has 1 aromatic heterocycles. The normalized spacial score (nSPS) is 33.1.